The second-order valence-corrected chi connectivity index (χ2v) is 4.28. The Kier molecular flexibility index (Phi) is 4.96. The Morgan fingerprint density at radius 2 is 2.06 bits per heavy atom. The van der Waals surface area contributed by atoms with Crippen LogP contribution >= 0.6 is 27.5 Å². The number of ether oxygens (including phenoxy) is 1. The molecule has 0 aliphatic rings. The van der Waals surface area contributed by atoms with Gasteiger partial charge in [0.15, 0.2) is 10.6 Å². The third-order valence-corrected chi connectivity index (χ3v) is 2.98. The lowest BCUT2D eigenvalue weighted by atomic mass is 10.1. The molecule has 0 radical (unpaired) electrons. The third kappa shape index (κ3) is 3.06. The maximum absolute atomic E-state index is 11.8. The molecular formula is C11H10BrClO3. The Hall–Kier alpha value is -0.870. The number of Topliss-reactive ketones (excluding diaryl/α,β-unsaturated/α-hetero) is 1. The van der Waals surface area contributed by atoms with Gasteiger partial charge in [-0.15, -0.1) is 0 Å². The Bertz CT molecular complexity index is 406. The number of carbonyl (C=O) groups excluding carboxylic acids is 2. The number of alkyl halides is 1. The van der Waals surface area contributed by atoms with Crippen molar-refractivity contribution in [3.8, 4) is 0 Å². The minimum Gasteiger partial charge on any atom is -0.465 e. The van der Waals surface area contributed by atoms with Gasteiger partial charge in [-0.05, 0) is 19.1 Å². The lowest BCUT2D eigenvalue weighted by molar-refractivity contribution is -0.141. The van der Waals surface area contributed by atoms with Crippen LogP contribution in [-0.2, 0) is 9.53 Å². The van der Waals surface area contributed by atoms with Gasteiger partial charge in [-0.25, -0.2) is 0 Å². The van der Waals surface area contributed by atoms with E-state index in [1.54, 1.807) is 31.2 Å². The Morgan fingerprint density at radius 1 is 1.44 bits per heavy atom. The Morgan fingerprint density at radius 3 is 2.62 bits per heavy atom. The van der Waals surface area contributed by atoms with Crippen LogP contribution in [-0.4, -0.2) is 23.2 Å². The first-order valence-electron chi connectivity index (χ1n) is 4.67. The van der Waals surface area contributed by atoms with Gasteiger partial charge in [0.05, 0.1) is 11.6 Å². The second-order valence-electron chi connectivity index (χ2n) is 2.96. The van der Waals surface area contributed by atoms with Gasteiger partial charge in [0.2, 0.25) is 0 Å². The van der Waals surface area contributed by atoms with Crippen molar-refractivity contribution >= 4 is 39.3 Å². The van der Waals surface area contributed by atoms with Crippen LogP contribution in [0.25, 0.3) is 0 Å². The fourth-order valence-corrected chi connectivity index (χ4v) is 1.73. The molecule has 1 unspecified atom stereocenters. The van der Waals surface area contributed by atoms with E-state index in [0.717, 1.165) is 0 Å². The van der Waals surface area contributed by atoms with E-state index >= 15 is 0 Å². The summed E-state index contributed by atoms with van der Waals surface area (Å²) in [5.74, 6) is -1.00. The zero-order valence-electron chi connectivity index (χ0n) is 8.57. The van der Waals surface area contributed by atoms with Crippen molar-refractivity contribution in [1.29, 1.82) is 0 Å². The number of rotatable bonds is 4. The van der Waals surface area contributed by atoms with Crippen LogP contribution < -0.4 is 0 Å². The van der Waals surface area contributed by atoms with Gasteiger partial charge in [-0.2, -0.15) is 0 Å². The second kappa shape index (κ2) is 6.01. The van der Waals surface area contributed by atoms with Crippen molar-refractivity contribution in [3.63, 3.8) is 0 Å². The predicted molar refractivity (Wildman–Crippen MR) is 65.1 cm³/mol. The number of esters is 1. The van der Waals surface area contributed by atoms with Crippen molar-refractivity contribution < 1.29 is 14.3 Å². The highest BCUT2D eigenvalue weighted by Crippen LogP contribution is 2.20. The molecule has 5 heteroatoms. The largest absolute Gasteiger partial charge is 0.465 e. The highest BCUT2D eigenvalue weighted by Gasteiger charge is 2.27. The smallest absolute Gasteiger partial charge is 0.327 e. The highest BCUT2D eigenvalue weighted by molar-refractivity contribution is 9.10. The molecule has 0 fully saturated rings. The maximum atomic E-state index is 11.8. The van der Waals surface area contributed by atoms with E-state index in [-0.39, 0.29) is 6.61 Å². The molecule has 1 aromatic rings. The fourth-order valence-electron chi connectivity index (χ4n) is 1.12. The summed E-state index contributed by atoms with van der Waals surface area (Å²) in [4.78, 5) is 22.2. The Balaban J connectivity index is 2.86. The number of halogens is 2. The van der Waals surface area contributed by atoms with Crippen LogP contribution in [0.4, 0.5) is 0 Å². The number of benzene rings is 1. The van der Waals surface area contributed by atoms with Crippen molar-refractivity contribution in [3.05, 3.63) is 34.9 Å². The molecule has 16 heavy (non-hydrogen) atoms. The van der Waals surface area contributed by atoms with Gasteiger partial charge in [0.1, 0.15) is 0 Å². The zero-order valence-corrected chi connectivity index (χ0v) is 10.9. The summed E-state index contributed by atoms with van der Waals surface area (Å²) in [5, 5.41) is 0.321. The first-order valence-corrected chi connectivity index (χ1v) is 5.96. The van der Waals surface area contributed by atoms with Crippen LogP contribution in [0.1, 0.15) is 17.3 Å². The van der Waals surface area contributed by atoms with Crippen LogP contribution in [0.2, 0.25) is 5.02 Å². The SMILES string of the molecule is CCOC(=O)C(Br)C(=O)c1ccccc1Cl. The summed E-state index contributed by atoms with van der Waals surface area (Å²) in [5.41, 5.74) is 0.305. The normalized spacial score (nSPS) is 11.9. The zero-order chi connectivity index (χ0) is 12.1. The van der Waals surface area contributed by atoms with Crippen LogP contribution in [0, 0.1) is 0 Å². The van der Waals surface area contributed by atoms with Gasteiger partial charge in [0.25, 0.3) is 0 Å². The van der Waals surface area contributed by atoms with E-state index in [0.29, 0.717) is 10.6 Å². The molecule has 0 heterocycles. The molecule has 0 aromatic heterocycles. The Labute approximate surface area is 107 Å². The van der Waals surface area contributed by atoms with Gasteiger partial charge in [-0.3, -0.25) is 9.59 Å². The van der Waals surface area contributed by atoms with Gasteiger partial charge < -0.3 is 4.74 Å². The first-order chi connectivity index (χ1) is 7.57. The van der Waals surface area contributed by atoms with E-state index in [2.05, 4.69) is 15.9 Å². The molecule has 3 nitrogen and oxygen atoms in total. The standard InChI is InChI=1S/C11H10BrClO3/c1-2-16-11(15)9(12)10(14)7-5-3-4-6-8(7)13/h3-6,9H,2H2,1H3. The van der Waals surface area contributed by atoms with Gasteiger partial charge in [0, 0.05) is 5.56 Å². The van der Waals surface area contributed by atoms with E-state index < -0.39 is 16.6 Å². The fraction of sp³-hybridized carbons (Fsp3) is 0.273. The van der Waals surface area contributed by atoms with Crippen molar-refractivity contribution in [2.75, 3.05) is 6.61 Å². The molecule has 1 aromatic carbocycles. The summed E-state index contributed by atoms with van der Waals surface area (Å²) >= 11 is 8.85. The van der Waals surface area contributed by atoms with Crippen LogP contribution in [0.15, 0.2) is 24.3 Å². The van der Waals surface area contributed by atoms with Gasteiger partial charge >= 0.3 is 5.97 Å². The van der Waals surface area contributed by atoms with Crippen LogP contribution in [0.5, 0.6) is 0 Å². The highest BCUT2D eigenvalue weighted by atomic mass is 79.9. The molecular weight excluding hydrogens is 295 g/mol. The van der Waals surface area contributed by atoms with E-state index in [1.165, 1.54) is 0 Å². The minimum atomic E-state index is -1.01. The monoisotopic (exact) mass is 304 g/mol. The quantitative estimate of drug-likeness (QED) is 0.372. The van der Waals surface area contributed by atoms with E-state index in [9.17, 15) is 9.59 Å². The summed E-state index contributed by atoms with van der Waals surface area (Å²) in [7, 11) is 0. The summed E-state index contributed by atoms with van der Waals surface area (Å²) in [6.45, 7) is 1.91. The minimum absolute atomic E-state index is 0.233. The summed E-state index contributed by atoms with van der Waals surface area (Å²) in [6.07, 6.45) is 0. The topological polar surface area (TPSA) is 43.4 Å². The number of hydrogen-bond acceptors (Lipinski definition) is 3. The molecule has 0 bridgehead atoms. The molecule has 1 atom stereocenters. The van der Waals surface area contributed by atoms with Crippen molar-refractivity contribution in [2.24, 2.45) is 0 Å². The molecule has 0 amide bonds. The summed E-state index contributed by atoms with van der Waals surface area (Å²) in [6, 6.07) is 6.56. The first kappa shape index (κ1) is 13.2. The molecule has 0 saturated carbocycles. The molecule has 0 spiro atoms. The number of hydrogen-bond donors (Lipinski definition) is 0. The average Bonchev–Trinajstić information content (AvgIpc) is 2.28. The molecule has 86 valence electrons. The maximum Gasteiger partial charge on any atom is 0.327 e. The van der Waals surface area contributed by atoms with Gasteiger partial charge in [-0.1, -0.05) is 39.7 Å². The molecule has 1 rings (SSSR count). The predicted octanol–water partition coefficient (Wildman–Crippen LogP) is 2.85. The molecule has 0 N–H and O–H groups in total. The van der Waals surface area contributed by atoms with E-state index in [4.69, 9.17) is 16.3 Å². The van der Waals surface area contributed by atoms with Crippen molar-refractivity contribution in [1.82, 2.24) is 0 Å². The molecule has 0 aliphatic carbocycles. The number of carbonyl (C=O) groups is 2. The van der Waals surface area contributed by atoms with Crippen molar-refractivity contribution in [2.45, 2.75) is 11.8 Å². The average molecular weight is 306 g/mol. The number of ketones is 1. The molecule has 0 aliphatic heterocycles. The molecule has 0 saturated heterocycles. The summed E-state index contributed by atoms with van der Waals surface area (Å²) < 4.78 is 4.74. The third-order valence-electron chi connectivity index (χ3n) is 1.86. The van der Waals surface area contributed by atoms with E-state index in [1.807, 2.05) is 0 Å². The lowest BCUT2D eigenvalue weighted by Gasteiger charge is -2.08. The van der Waals surface area contributed by atoms with Crippen LogP contribution in [0.3, 0.4) is 0 Å². The lowest BCUT2D eigenvalue weighted by Crippen LogP contribution is -2.26.